The van der Waals surface area contributed by atoms with Crippen LogP contribution in [0, 0.1) is 35.5 Å². The number of carbonyl (C=O) groups is 1. The Hall–Kier alpha value is -0.330. The van der Waals surface area contributed by atoms with E-state index < -0.39 is 0 Å². The molecule has 3 atom stereocenters. The summed E-state index contributed by atoms with van der Waals surface area (Å²) in [5.74, 6) is 5.58. The molecule has 0 amide bonds. The molecule has 3 saturated carbocycles. The number of hydrogen-bond donors (Lipinski definition) is 0. The molecule has 0 aromatic rings. The van der Waals surface area contributed by atoms with E-state index in [-0.39, 0.29) is 0 Å². The van der Waals surface area contributed by atoms with E-state index >= 15 is 0 Å². The van der Waals surface area contributed by atoms with Crippen LogP contribution >= 0.6 is 0 Å². The molecule has 0 aromatic carbocycles. The molecule has 3 rings (SSSR count). The van der Waals surface area contributed by atoms with Gasteiger partial charge in [-0.1, -0.05) is 46.0 Å². The molecule has 3 unspecified atom stereocenters. The van der Waals surface area contributed by atoms with Crippen molar-refractivity contribution in [3.8, 4) is 0 Å². The van der Waals surface area contributed by atoms with Crippen LogP contribution in [0.15, 0.2) is 0 Å². The third-order valence-corrected chi connectivity index (χ3v) is 7.77. The minimum absolute atomic E-state index is 0.384. The zero-order valence-corrected chi connectivity index (χ0v) is 15.6. The fourth-order valence-electron chi connectivity index (χ4n) is 6.30. The Labute approximate surface area is 144 Å². The van der Waals surface area contributed by atoms with Crippen molar-refractivity contribution in [1.82, 2.24) is 0 Å². The summed E-state index contributed by atoms with van der Waals surface area (Å²) in [6.07, 6.45) is 18.1. The lowest BCUT2D eigenvalue weighted by atomic mass is 9.63. The van der Waals surface area contributed by atoms with Gasteiger partial charge in [-0.05, 0) is 74.5 Å². The maximum atomic E-state index is 12.1. The SMILES string of the molecule is CCC(=O)C1CCC(C2CCC(C3CCCCC3)CC2)CC1C. The first kappa shape index (κ1) is 17.5. The zero-order chi connectivity index (χ0) is 16.2. The molecule has 0 spiro atoms. The van der Waals surface area contributed by atoms with Gasteiger partial charge in [0.1, 0.15) is 5.78 Å². The van der Waals surface area contributed by atoms with Gasteiger partial charge in [0.2, 0.25) is 0 Å². The van der Waals surface area contributed by atoms with Gasteiger partial charge < -0.3 is 0 Å². The summed E-state index contributed by atoms with van der Waals surface area (Å²) >= 11 is 0. The molecular formula is C22H38O. The predicted octanol–water partition coefficient (Wildman–Crippen LogP) is 6.40. The van der Waals surface area contributed by atoms with Crippen molar-refractivity contribution in [2.75, 3.05) is 0 Å². The van der Waals surface area contributed by atoms with Crippen molar-refractivity contribution in [1.29, 1.82) is 0 Å². The lowest BCUT2D eigenvalue weighted by molar-refractivity contribution is -0.125. The van der Waals surface area contributed by atoms with E-state index in [1.165, 1.54) is 77.0 Å². The smallest absolute Gasteiger partial charge is 0.135 e. The molecule has 3 aliphatic carbocycles. The molecular weight excluding hydrogens is 280 g/mol. The molecule has 23 heavy (non-hydrogen) atoms. The second-order valence-electron chi connectivity index (χ2n) is 9.05. The molecule has 0 aromatic heterocycles. The Balaban J connectivity index is 1.46. The first-order chi connectivity index (χ1) is 11.2. The molecule has 1 nitrogen and oxygen atoms in total. The van der Waals surface area contributed by atoms with Crippen LogP contribution in [0.25, 0.3) is 0 Å². The van der Waals surface area contributed by atoms with Gasteiger partial charge in [0.05, 0.1) is 0 Å². The van der Waals surface area contributed by atoms with Gasteiger partial charge in [-0.2, -0.15) is 0 Å². The molecule has 0 heterocycles. The summed E-state index contributed by atoms with van der Waals surface area (Å²) in [5, 5.41) is 0. The van der Waals surface area contributed by atoms with Crippen molar-refractivity contribution in [3.05, 3.63) is 0 Å². The summed E-state index contributed by atoms with van der Waals surface area (Å²) < 4.78 is 0. The molecule has 3 aliphatic rings. The largest absolute Gasteiger partial charge is 0.299 e. The fourth-order valence-corrected chi connectivity index (χ4v) is 6.30. The van der Waals surface area contributed by atoms with Gasteiger partial charge in [0.15, 0.2) is 0 Å². The minimum Gasteiger partial charge on any atom is -0.299 e. The first-order valence-corrected chi connectivity index (χ1v) is 10.7. The van der Waals surface area contributed by atoms with Gasteiger partial charge >= 0.3 is 0 Å². The van der Waals surface area contributed by atoms with E-state index in [4.69, 9.17) is 0 Å². The fraction of sp³-hybridized carbons (Fsp3) is 0.955. The van der Waals surface area contributed by atoms with Crippen LogP contribution in [0.4, 0.5) is 0 Å². The second kappa shape index (κ2) is 8.17. The maximum absolute atomic E-state index is 12.1. The molecule has 132 valence electrons. The average molecular weight is 319 g/mol. The van der Waals surface area contributed by atoms with Crippen LogP contribution in [0.5, 0.6) is 0 Å². The number of hydrogen-bond acceptors (Lipinski definition) is 1. The topological polar surface area (TPSA) is 17.1 Å². The third kappa shape index (κ3) is 4.20. The van der Waals surface area contributed by atoms with Crippen molar-refractivity contribution >= 4 is 5.78 Å². The highest BCUT2D eigenvalue weighted by molar-refractivity contribution is 5.81. The van der Waals surface area contributed by atoms with Gasteiger partial charge in [-0.25, -0.2) is 0 Å². The average Bonchev–Trinajstić information content (AvgIpc) is 2.62. The molecule has 0 saturated heterocycles. The Morgan fingerprint density at radius 1 is 0.739 bits per heavy atom. The predicted molar refractivity (Wildman–Crippen MR) is 97.3 cm³/mol. The van der Waals surface area contributed by atoms with Gasteiger partial charge in [-0.3, -0.25) is 4.79 Å². The number of Topliss-reactive ketones (excluding diaryl/α,β-unsaturated/α-hetero) is 1. The van der Waals surface area contributed by atoms with Crippen LogP contribution in [0.2, 0.25) is 0 Å². The quantitative estimate of drug-likeness (QED) is 0.585. The minimum atomic E-state index is 0.384. The Morgan fingerprint density at radius 2 is 1.26 bits per heavy atom. The molecule has 0 radical (unpaired) electrons. The molecule has 0 aliphatic heterocycles. The monoisotopic (exact) mass is 318 g/mol. The summed E-state index contributed by atoms with van der Waals surface area (Å²) in [6, 6.07) is 0. The lowest BCUT2D eigenvalue weighted by Gasteiger charge is -2.42. The Kier molecular flexibility index (Phi) is 6.21. The molecule has 3 fully saturated rings. The van der Waals surface area contributed by atoms with Crippen molar-refractivity contribution in [2.45, 2.75) is 97.3 Å². The van der Waals surface area contributed by atoms with E-state index in [0.29, 0.717) is 17.6 Å². The highest BCUT2D eigenvalue weighted by atomic mass is 16.1. The lowest BCUT2D eigenvalue weighted by Crippen LogP contribution is -2.34. The summed E-state index contributed by atoms with van der Waals surface area (Å²) in [6.45, 7) is 4.38. The van der Waals surface area contributed by atoms with Crippen molar-refractivity contribution < 1.29 is 4.79 Å². The first-order valence-electron chi connectivity index (χ1n) is 10.7. The Morgan fingerprint density at radius 3 is 1.83 bits per heavy atom. The normalized spacial score (nSPS) is 40.0. The highest BCUT2D eigenvalue weighted by Gasteiger charge is 2.37. The van der Waals surface area contributed by atoms with Crippen LogP contribution in [0.1, 0.15) is 97.3 Å². The standard InChI is InChI=1S/C22H38O/c1-3-22(23)21-14-13-20(15-16(21)2)19-11-9-18(10-12-19)17-7-5-4-6-8-17/h16-21H,3-15H2,1-2H3. The summed E-state index contributed by atoms with van der Waals surface area (Å²) in [5.41, 5.74) is 0. The van der Waals surface area contributed by atoms with Crippen molar-refractivity contribution in [3.63, 3.8) is 0 Å². The van der Waals surface area contributed by atoms with Crippen LogP contribution in [-0.4, -0.2) is 5.78 Å². The van der Waals surface area contributed by atoms with Crippen LogP contribution in [-0.2, 0) is 4.79 Å². The van der Waals surface area contributed by atoms with Crippen LogP contribution < -0.4 is 0 Å². The molecule has 1 heteroatoms. The second-order valence-corrected chi connectivity index (χ2v) is 9.05. The van der Waals surface area contributed by atoms with Crippen molar-refractivity contribution in [2.24, 2.45) is 35.5 Å². The van der Waals surface area contributed by atoms with Gasteiger partial charge in [-0.15, -0.1) is 0 Å². The van der Waals surface area contributed by atoms with Gasteiger partial charge in [0, 0.05) is 12.3 Å². The van der Waals surface area contributed by atoms with Gasteiger partial charge in [0.25, 0.3) is 0 Å². The number of carbonyl (C=O) groups excluding carboxylic acids is 1. The summed E-state index contributed by atoms with van der Waals surface area (Å²) in [7, 11) is 0. The summed E-state index contributed by atoms with van der Waals surface area (Å²) in [4.78, 5) is 12.1. The van der Waals surface area contributed by atoms with Crippen LogP contribution in [0.3, 0.4) is 0 Å². The Bertz CT molecular complexity index is 373. The highest BCUT2D eigenvalue weighted by Crippen LogP contribution is 2.46. The van der Waals surface area contributed by atoms with E-state index in [1.807, 2.05) is 6.92 Å². The van der Waals surface area contributed by atoms with E-state index in [1.54, 1.807) is 0 Å². The number of rotatable bonds is 4. The maximum Gasteiger partial charge on any atom is 0.135 e. The van der Waals surface area contributed by atoms with E-state index in [2.05, 4.69) is 6.92 Å². The third-order valence-electron chi connectivity index (χ3n) is 7.77. The molecule has 0 bridgehead atoms. The van der Waals surface area contributed by atoms with E-state index in [9.17, 15) is 4.79 Å². The number of ketones is 1. The zero-order valence-electron chi connectivity index (χ0n) is 15.6. The molecule has 0 N–H and O–H groups in total. The van der Waals surface area contributed by atoms with E-state index in [0.717, 1.165) is 30.1 Å².